The van der Waals surface area contributed by atoms with Gasteiger partial charge in [-0.1, -0.05) is 42.5 Å². The molecular weight excluding hydrogens is 354 g/mol. The SMILES string of the molecule is O=C(Nc1cccc(C(=O)N2CCOCC2)c1)Nc1cccc2ccccc12. The molecule has 0 spiro atoms. The van der Waals surface area contributed by atoms with Crippen molar-refractivity contribution in [2.24, 2.45) is 0 Å². The molecule has 28 heavy (non-hydrogen) atoms. The van der Waals surface area contributed by atoms with Gasteiger partial charge in [0.05, 0.1) is 18.9 Å². The van der Waals surface area contributed by atoms with Gasteiger partial charge in [-0.3, -0.25) is 4.79 Å². The summed E-state index contributed by atoms with van der Waals surface area (Å²) in [6, 6.07) is 20.2. The van der Waals surface area contributed by atoms with Crippen molar-refractivity contribution < 1.29 is 14.3 Å². The van der Waals surface area contributed by atoms with Crippen LogP contribution in [0.4, 0.5) is 16.2 Å². The van der Waals surface area contributed by atoms with Crippen LogP contribution in [0, 0.1) is 0 Å². The number of nitrogens with zero attached hydrogens (tertiary/aromatic N) is 1. The molecule has 0 radical (unpaired) electrons. The quantitative estimate of drug-likeness (QED) is 0.728. The van der Waals surface area contributed by atoms with E-state index in [0.29, 0.717) is 37.6 Å². The molecule has 1 aliphatic rings. The summed E-state index contributed by atoms with van der Waals surface area (Å²) >= 11 is 0. The Morgan fingerprint density at radius 1 is 0.857 bits per heavy atom. The number of carbonyl (C=O) groups excluding carboxylic acids is 2. The first-order chi connectivity index (χ1) is 13.7. The highest BCUT2D eigenvalue weighted by molar-refractivity contribution is 6.06. The molecule has 1 fully saturated rings. The first-order valence-electron chi connectivity index (χ1n) is 9.23. The molecule has 1 saturated heterocycles. The minimum Gasteiger partial charge on any atom is -0.378 e. The Hall–Kier alpha value is -3.38. The number of anilines is 2. The summed E-state index contributed by atoms with van der Waals surface area (Å²) in [7, 11) is 0. The molecule has 0 unspecified atom stereocenters. The number of nitrogens with one attached hydrogen (secondary N) is 2. The predicted molar refractivity (Wildman–Crippen MR) is 110 cm³/mol. The lowest BCUT2D eigenvalue weighted by Gasteiger charge is -2.27. The van der Waals surface area contributed by atoms with Crippen molar-refractivity contribution in [2.45, 2.75) is 0 Å². The summed E-state index contributed by atoms with van der Waals surface area (Å²) in [6.07, 6.45) is 0. The molecule has 0 saturated carbocycles. The van der Waals surface area contributed by atoms with Crippen LogP contribution in [0.25, 0.3) is 10.8 Å². The van der Waals surface area contributed by atoms with Crippen molar-refractivity contribution >= 4 is 34.1 Å². The van der Waals surface area contributed by atoms with Crippen molar-refractivity contribution in [1.82, 2.24) is 4.90 Å². The lowest BCUT2D eigenvalue weighted by atomic mass is 10.1. The Bertz CT molecular complexity index is 1010. The highest BCUT2D eigenvalue weighted by atomic mass is 16.5. The lowest BCUT2D eigenvalue weighted by molar-refractivity contribution is 0.0303. The number of fused-ring (bicyclic) bond motifs is 1. The fraction of sp³-hybridized carbons (Fsp3) is 0.182. The zero-order chi connectivity index (χ0) is 19.3. The molecule has 4 rings (SSSR count). The van der Waals surface area contributed by atoms with Crippen LogP contribution in [-0.2, 0) is 4.74 Å². The number of hydrogen-bond acceptors (Lipinski definition) is 3. The van der Waals surface area contributed by atoms with Gasteiger partial charge in [0.2, 0.25) is 0 Å². The summed E-state index contributed by atoms with van der Waals surface area (Å²) < 4.78 is 5.29. The fourth-order valence-electron chi connectivity index (χ4n) is 3.30. The molecule has 3 amide bonds. The Labute approximate surface area is 163 Å². The van der Waals surface area contributed by atoms with Crippen molar-refractivity contribution in [2.75, 3.05) is 36.9 Å². The summed E-state index contributed by atoms with van der Waals surface area (Å²) in [4.78, 5) is 26.9. The molecule has 6 heteroatoms. The van der Waals surface area contributed by atoms with E-state index in [4.69, 9.17) is 4.74 Å². The Balaban J connectivity index is 1.46. The summed E-state index contributed by atoms with van der Waals surface area (Å²) in [5, 5.41) is 7.71. The third-order valence-corrected chi connectivity index (χ3v) is 4.70. The first-order valence-corrected chi connectivity index (χ1v) is 9.23. The van der Waals surface area contributed by atoms with Gasteiger partial charge < -0.3 is 20.3 Å². The van der Waals surface area contributed by atoms with E-state index in [9.17, 15) is 9.59 Å². The normalized spacial score (nSPS) is 13.9. The summed E-state index contributed by atoms with van der Waals surface area (Å²) in [5.41, 5.74) is 1.85. The second-order valence-electron chi connectivity index (χ2n) is 6.59. The van der Waals surface area contributed by atoms with Gasteiger partial charge in [-0.2, -0.15) is 0 Å². The molecule has 0 aliphatic carbocycles. The number of ether oxygens (including phenoxy) is 1. The maximum Gasteiger partial charge on any atom is 0.323 e. The zero-order valence-electron chi connectivity index (χ0n) is 15.4. The zero-order valence-corrected chi connectivity index (χ0v) is 15.4. The summed E-state index contributed by atoms with van der Waals surface area (Å²) in [5.74, 6) is -0.0542. The number of carbonyl (C=O) groups is 2. The van der Waals surface area contributed by atoms with E-state index >= 15 is 0 Å². The number of morpholine rings is 1. The van der Waals surface area contributed by atoms with Crippen LogP contribution in [0.5, 0.6) is 0 Å². The molecule has 142 valence electrons. The van der Waals surface area contributed by atoms with Gasteiger partial charge in [-0.25, -0.2) is 4.79 Å². The van der Waals surface area contributed by atoms with E-state index in [2.05, 4.69) is 10.6 Å². The van der Waals surface area contributed by atoms with Crippen molar-refractivity contribution in [1.29, 1.82) is 0 Å². The van der Waals surface area contributed by atoms with E-state index in [1.165, 1.54) is 0 Å². The van der Waals surface area contributed by atoms with Gasteiger partial charge in [0.1, 0.15) is 0 Å². The average Bonchev–Trinajstić information content (AvgIpc) is 2.74. The Morgan fingerprint density at radius 3 is 2.46 bits per heavy atom. The van der Waals surface area contributed by atoms with Gasteiger partial charge >= 0.3 is 6.03 Å². The van der Waals surface area contributed by atoms with Gasteiger partial charge in [-0.15, -0.1) is 0 Å². The number of urea groups is 1. The molecular formula is C22H21N3O3. The molecule has 6 nitrogen and oxygen atoms in total. The molecule has 0 bridgehead atoms. The van der Waals surface area contributed by atoms with Crippen LogP contribution < -0.4 is 10.6 Å². The molecule has 3 aromatic carbocycles. The molecule has 0 aromatic heterocycles. The van der Waals surface area contributed by atoms with Gasteiger partial charge in [0.25, 0.3) is 5.91 Å². The standard InChI is InChI=1S/C22H21N3O3/c26-21(25-11-13-28-14-12-25)17-7-3-8-18(15-17)23-22(27)24-20-10-4-6-16-5-1-2-9-19(16)20/h1-10,15H,11-14H2,(H2,23,24,27). The second-order valence-corrected chi connectivity index (χ2v) is 6.59. The van der Waals surface area contributed by atoms with Gasteiger partial charge in [-0.05, 0) is 29.7 Å². The monoisotopic (exact) mass is 375 g/mol. The molecule has 1 heterocycles. The van der Waals surface area contributed by atoms with Crippen LogP contribution in [0.3, 0.4) is 0 Å². The van der Waals surface area contributed by atoms with E-state index < -0.39 is 0 Å². The van der Waals surface area contributed by atoms with Crippen LogP contribution in [0.15, 0.2) is 66.7 Å². The smallest absolute Gasteiger partial charge is 0.323 e. The van der Waals surface area contributed by atoms with Crippen LogP contribution in [-0.4, -0.2) is 43.1 Å². The van der Waals surface area contributed by atoms with Crippen LogP contribution >= 0.6 is 0 Å². The van der Waals surface area contributed by atoms with Gasteiger partial charge in [0, 0.05) is 29.7 Å². The van der Waals surface area contributed by atoms with E-state index in [1.54, 1.807) is 29.2 Å². The number of amides is 3. The molecule has 2 N–H and O–H groups in total. The van der Waals surface area contributed by atoms with E-state index in [1.807, 2.05) is 42.5 Å². The minimum atomic E-state index is -0.354. The highest BCUT2D eigenvalue weighted by Gasteiger charge is 2.18. The van der Waals surface area contributed by atoms with Crippen molar-refractivity contribution in [3.8, 4) is 0 Å². The predicted octanol–water partition coefficient (Wildman–Crippen LogP) is 3.96. The maximum absolute atomic E-state index is 12.6. The average molecular weight is 375 g/mol. The largest absolute Gasteiger partial charge is 0.378 e. The highest BCUT2D eigenvalue weighted by Crippen LogP contribution is 2.23. The van der Waals surface area contributed by atoms with Crippen LogP contribution in [0.2, 0.25) is 0 Å². The van der Waals surface area contributed by atoms with Crippen molar-refractivity contribution in [3.63, 3.8) is 0 Å². The Morgan fingerprint density at radius 2 is 1.61 bits per heavy atom. The number of hydrogen-bond donors (Lipinski definition) is 2. The molecule has 3 aromatic rings. The number of rotatable bonds is 3. The maximum atomic E-state index is 12.6. The third-order valence-electron chi connectivity index (χ3n) is 4.70. The number of benzene rings is 3. The minimum absolute atomic E-state index is 0.0542. The van der Waals surface area contributed by atoms with Crippen LogP contribution in [0.1, 0.15) is 10.4 Å². The molecule has 1 aliphatic heterocycles. The third kappa shape index (κ3) is 3.97. The molecule has 0 atom stereocenters. The first kappa shape index (κ1) is 18.0. The lowest BCUT2D eigenvalue weighted by Crippen LogP contribution is -2.40. The topological polar surface area (TPSA) is 70.7 Å². The van der Waals surface area contributed by atoms with Gasteiger partial charge in [0.15, 0.2) is 0 Å². The van der Waals surface area contributed by atoms with Crippen molar-refractivity contribution in [3.05, 3.63) is 72.3 Å². The fourth-order valence-corrected chi connectivity index (χ4v) is 3.30. The van der Waals surface area contributed by atoms with E-state index in [0.717, 1.165) is 16.5 Å². The summed E-state index contributed by atoms with van der Waals surface area (Å²) in [6.45, 7) is 2.27. The Kier molecular flexibility index (Phi) is 5.21. The van der Waals surface area contributed by atoms with E-state index in [-0.39, 0.29) is 11.9 Å². The second kappa shape index (κ2) is 8.10.